The Morgan fingerprint density at radius 1 is 1.33 bits per heavy atom. The van der Waals surface area contributed by atoms with Crippen LogP contribution < -0.4 is 0 Å². The molecule has 0 radical (unpaired) electrons. The molecule has 0 aliphatic heterocycles. The average Bonchev–Trinajstić information content (AvgIpc) is 2.83. The quantitative estimate of drug-likeness (QED) is 0.644. The molecule has 5 nitrogen and oxygen atoms in total. The summed E-state index contributed by atoms with van der Waals surface area (Å²) in [5.74, 6) is -1.52. The topological polar surface area (TPSA) is 79.5 Å². The van der Waals surface area contributed by atoms with Crippen LogP contribution in [0.5, 0.6) is 5.88 Å². The molecule has 1 aromatic heterocycles. The third kappa shape index (κ3) is 2.72. The second-order valence-electron chi connectivity index (χ2n) is 5.28. The lowest BCUT2D eigenvalue weighted by molar-refractivity contribution is -0.140. The first-order valence-electron chi connectivity index (χ1n) is 7.10. The second-order valence-corrected chi connectivity index (χ2v) is 6.96. The van der Waals surface area contributed by atoms with Gasteiger partial charge in [-0.3, -0.25) is 9.36 Å². The molecule has 3 rings (SSSR count). The standard InChI is InChI=1S/C17H13NO4S2/c1-9(16(21)22)18-15(20)14(24-17(18)23)8-12-11-5-3-2-4-10(11)6-7-13(12)19/h2-9,20H,1H3,(H,21,22)/b12-8-/t9-/m0/s1. The Bertz CT molecular complexity index is 965. The van der Waals surface area contributed by atoms with Gasteiger partial charge in [-0.2, -0.15) is 0 Å². The van der Waals surface area contributed by atoms with Crippen LogP contribution in [-0.2, 0) is 9.59 Å². The van der Waals surface area contributed by atoms with E-state index in [1.807, 2.05) is 24.3 Å². The monoisotopic (exact) mass is 359 g/mol. The number of carboxylic acids is 1. The van der Waals surface area contributed by atoms with Crippen molar-refractivity contribution in [3.63, 3.8) is 0 Å². The molecule has 1 aliphatic carbocycles. The van der Waals surface area contributed by atoms with Crippen molar-refractivity contribution in [2.75, 3.05) is 0 Å². The molecule has 24 heavy (non-hydrogen) atoms. The lowest BCUT2D eigenvalue weighted by Crippen LogP contribution is -2.15. The van der Waals surface area contributed by atoms with E-state index in [0.29, 0.717) is 10.5 Å². The predicted octanol–water partition coefficient (Wildman–Crippen LogP) is 3.77. The van der Waals surface area contributed by atoms with E-state index >= 15 is 0 Å². The van der Waals surface area contributed by atoms with Crippen LogP contribution in [-0.4, -0.2) is 26.5 Å². The number of rotatable bonds is 3. The van der Waals surface area contributed by atoms with Gasteiger partial charge in [0, 0.05) is 5.57 Å². The number of hydrogen-bond donors (Lipinski definition) is 2. The van der Waals surface area contributed by atoms with Crippen molar-refractivity contribution in [1.29, 1.82) is 0 Å². The number of hydrogen-bond acceptors (Lipinski definition) is 5. The van der Waals surface area contributed by atoms with Crippen molar-refractivity contribution in [3.05, 3.63) is 50.3 Å². The van der Waals surface area contributed by atoms with Gasteiger partial charge in [0.1, 0.15) is 6.04 Å². The van der Waals surface area contributed by atoms with E-state index in [9.17, 15) is 14.7 Å². The minimum Gasteiger partial charge on any atom is -0.493 e. The number of carbonyl (C=O) groups is 2. The summed E-state index contributed by atoms with van der Waals surface area (Å²) in [7, 11) is 0. The van der Waals surface area contributed by atoms with Crippen LogP contribution in [0.4, 0.5) is 0 Å². The smallest absolute Gasteiger partial charge is 0.326 e. The zero-order valence-electron chi connectivity index (χ0n) is 12.6. The van der Waals surface area contributed by atoms with Gasteiger partial charge in [-0.1, -0.05) is 30.3 Å². The Balaban J connectivity index is 2.15. The van der Waals surface area contributed by atoms with E-state index in [2.05, 4.69) is 0 Å². The van der Waals surface area contributed by atoms with Crippen molar-refractivity contribution >= 4 is 53.0 Å². The summed E-state index contributed by atoms with van der Waals surface area (Å²) in [6, 6.07) is 6.44. The normalized spacial score (nSPS) is 16.2. The molecule has 1 heterocycles. The van der Waals surface area contributed by atoms with Crippen molar-refractivity contribution < 1.29 is 19.8 Å². The van der Waals surface area contributed by atoms with Gasteiger partial charge in [0.25, 0.3) is 0 Å². The summed E-state index contributed by atoms with van der Waals surface area (Å²) < 4.78 is 1.41. The number of allylic oxidation sites excluding steroid dienone is 2. The fourth-order valence-corrected chi connectivity index (χ4v) is 3.91. The number of carbonyl (C=O) groups excluding carboxylic acids is 1. The van der Waals surface area contributed by atoms with E-state index in [1.165, 1.54) is 17.6 Å². The van der Waals surface area contributed by atoms with Crippen molar-refractivity contribution in [2.45, 2.75) is 13.0 Å². The average molecular weight is 359 g/mol. The molecule has 1 atom stereocenters. The maximum absolute atomic E-state index is 12.2. The Hall–Kier alpha value is -2.51. The van der Waals surface area contributed by atoms with Crippen molar-refractivity contribution in [1.82, 2.24) is 4.57 Å². The highest BCUT2D eigenvalue weighted by Gasteiger charge is 2.23. The van der Waals surface area contributed by atoms with Crippen LogP contribution in [0.2, 0.25) is 0 Å². The Morgan fingerprint density at radius 2 is 2.04 bits per heavy atom. The number of thiazole rings is 1. The number of aromatic nitrogens is 1. The van der Waals surface area contributed by atoms with Crippen LogP contribution in [0.3, 0.4) is 0 Å². The highest BCUT2D eigenvalue weighted by molar-refractivity contribution is 7.73. The number of aliphatic carboxylic acids is 1. The molecule has 7 heteroatoms. The molecule has 2 N–H and O–H groups in total. The maximum atomic E-state index is 12.2. The molecule has 2 aromatic rings. The molecule has 0 saturated heterocycles. The van der Waals surface area contributed by atoms with E-state index < -0.39 is 12.0 Å². The highest BCUT2D eigenvalue weighted by atomic mass is 32.1. The number of fused-ring (bicyclic) bond motifs is 1. The first-order chi connectivity index (χ1) is 11.4. The molecule has 122 valence electrons. The third-order valence-corrected chi connectivity index (χ3v) is 5.13. The number of ketones is 1. The molecule has 1 aromatic carbocycles. The molecule has 1 aliphatic rings. The fourth-order valence-electron chi connectivity index (χ4n) is 2.50. The largest absolute Gasteiger partial charge is 0.493 e. The van der Waals surface area contributed by atoms with E-state index in [-0.39, 0.29) is 15.6 Å². The number of carboxylic acid groups (broad SMARTS) is 1. The minimum absolute atomic E-state index is 0.176. The van der Waals surface area contributed by atoms with Gasteiger partial charge in [-0.05, 0) is 42.4 Å². The fraction of sp³-hybridized carbons (Fsp3) is 0.118. The molecule has 0 saturated carbocycles. The first-order valence-corrected chi connectivity index (χ1v) is 8.33. The molecule has 0 unspecified atom stereocenters. The van der Waals surface area contributed by atoms with Crippen LogP contribution in [0, 0.1) is 3.95 Å². The first kappa shape index (κ1) is 16.4. The molecule has 0 bridgehead atoms. The van der Waals surface area contributed by atoms with Crippen molar-refractivity contribution in [2.24, 2.45) is 0 Å². The zero-order valence-corrected chi connectivity index (χ0v) is 14.2. The lowest BCUT2D eigenvalue weighted by Gasteiger charge is -2.13. The molecular weight excluding hydrogens is 346 g/mol. The number of nitrogens with zero attached hydrogens (tertiary/aromatic N) is 1. The molecular formula is C17H13NO4S2. The van der Waals surface area contributed by atoms with Gasteiger partial charge in [-0.25, -0.2) is 4.79 Å². The zero-order chi connectivity index (χ0) is 17.4. The van der Waals surface area contributed by atoms with Gasteiger partial charge in [0.05, 0.1) is 4.88 Å². The molecule has 0 fully saturated rings. The molecule has 0 spiro atoms. The Morgan fingerprint density at radius 3 is 2.75 bits per heavy atom. The van der Waals surface area contributed by atoms with Crippen LogP contribution in [0.15, 0.2) is 30.3 Å². The van der Waals surface area contributed by atoms with Gasteiger partial charge in [0.2, 0.25) is 5.88 Å². The van der Waals surface area contributed by atoms with E-state index in [1.54, 1.807) is 12.2 Å². The summed E-state index contributed by atoms with van der Waals surface area (Å²) in [6.07, 6.45) is 4.78. The van der Waals surface area contributed by atoms with Crippen LogP contribution in [0.1, 0.15) is 29.0 Å². The summed E-state index contributed by atoms with van der Waals surface area (Å²) in [5, 5.41) is 19.5. The van der Waals surface area contributed by atoms with Gasteiger partial charge in [0.15, 0.2) is 9.74 Å². The number of aromatic hydroxyl groups is 1. The summed E-state index contributed by atoms with van der Waals surface area (Å²) in [5.41, 5.74) is 2.11. The third-order valence-electron chi connectivity index (χ3n) is 3.79. The summed E-state index contributed by atoms with van der Waals surface area (Å²) in [4.78, 5) is 23.8. The van der Waals surface area contributed by atoms with Gasteiger partial charge < -0.3 is 10.2 Å². The van der Waals surface area contributed by atoms with Crippen LogP contribution in [0.25, 0.3) is 17.7 Å². The molecule has 0 amide bonds. The van der Waals surface area contributed by atoms with Crippen LogP contribution >= 0.6 is 23.6 Å². The predicted molar refractivity (Wildman–Crippen MR) is 95.5 cm³/mol. The lowest BCUT2D eigenvalue weighted by atomic mass is 9.91. The van der Waals surface area contributed by atoms with Gasteiger partial charge >= 0.3 is 5.97 Å². The van der Waals surface area contributed by atoms with Gasteiger partial charge in [-0.15, -0.1) is 11.3 Å². The Labute approximate surface area is 146 Å². The number of benzene rings is 1. The van der Waals surface area contributed by atoms with E-state index in [4.69, 9.17) is 17.3 Å². The Kier molecular flexibility index (Phi) is 4.21. The van der Waals surface area contributed by atoms with Crippen molar-refractivity contribution in [3.8, 4) is 5.88 Å². The SMILES string of the molecule is C[C@@H](C(=O)O)n1c(O)c(/C=C2\C(=O)C=Cc3ccccc32)sc1=S. The maximum Gasteiger partial charge on any atom is 0.326 e. The summed E-state index contributed by atoms with van der Waals surface area (Å²) >= 11 is 6.23. The second kappa shape index (κ2) is 6.18. The highest BCUT2D eigenvalue weighted by Crippen LogP contribution is 2.35. The van der Waals surface area contributed by atoms with E-state index in [0.717, 1.165) is 22.5 Å². The summed E-state index contributed by atoms with van der Waals surface area (Å²) in [6.45, 7) is 1.44. The minimum atomic E-state index is -1.10.